The average Bonchev–Trinajstić information content (AvgIpc) is 3.05. The predicted octanol–water partition coefficient (Wildman–Crippen LogP) is 3.51. The van der Waals surface area contributed by atoms with E-state index in [1.165, 1.54) is 0 Å². The van der Waals surface area contributed by atoms with Gasteiger partial charge in [-0.1, -0.05) is 23.9 Å². The van der Waals surface area contributed by atoms with Crippen LogP contribution in [0.5, 0.6) is 0 Å². The van der Waals surface area contributed by atoms with Gasteiger partial charge in [-0.05, 0) is 24.3 Å². The van der Waals surface area contributed by atoms with E-state index in [4.69, 9.17) is 4.42 Å². The van der Waals surface area contributed by atoms with Crippen LogP contribution in [0.2, 0.25) is 0 Å². The third-order valence-electron chi connectivity index (χ3n) is 3.25. The summed E-state index contributed by atoms with van der Waals surface area (Å²) in [7, 11) is 0. The number of furan rings is 1. The quantitative estimate of drug-likeness (QED) is 0.679. The number of hydrogen-bond donors (Lipinski definition) is 0. The molecule has 0 saturated heterocycles. The number of carbonyl (C=O) groups excluding carboxylic acids is 1. The molecule has 0 amide bonds. The van der Waals surface area contributed by atoms with Crippen molar-refractivity contribution >= 4 is 28.7 Å². The second-order valence-electron chi connectivity index (χ2n) is 4.44. The Balaban J connectivity index is 1.85. The zero-order chi connectivity index (χ0) is 12.8. The maximum absolute atomic E-state index is 12.3. The van der Waals surface area contributed by atoms with Crippen molar-refractivity contribution in [3.63, 3.8) is 0 Å². The molecule has 94 valence electrons. The molecule has 0 unspecified atom stereocenters. The van der Waals surface area contributed by atoms with Crippen LogP contribution in [-0.2, 0) is 0 Å². The molecule has 3 heterocycles. The van der Waals surface area contributed by atoms with Crippen molar-refractivity contribution in [3.05, 3.63) is 48.4 Å². The molecule has 3 aromatic rings. The fourth-order valence-corrected chi connectivity index (χ4v) is 3.56. The number of para-hydroxylation sites is 2. The summed E-state index contributed by atoms with van der Waals surface area (Å²) in [5, 5.41) is 0.769. The number of aromatic nitrogens is 2. The molecule has 0 fully saturated rings. The van der Waals surface area contributed by atoms with E-state index >= 15 is 0 Å². The molecule has 0 aliphatic carbocycles. The molecular weight excluding hydrogens is 260 g/mol. The summed E-state index contributed by atoms with van der Waals surface area (Å²) in [5.41, 5.74) is 1.74. The van der Waals surface area contributed by atoms with Crippen molar-refractivity contribution in [3.8, 4) is 0 Å². The first-order chi connectivity index (χ1) is 9.33. The Morgan fingerprint density at radius 2 is 2.16 bits per heavy atom. The number of thioether (sulfide) groups is 1. The van der Waals surface area contributed by atoms with Crippen LogP contribution in [-0.4, -0.2) is 15.5 Å². The first kappa shape index (κ1) is 10.9. The van der Waals surface area contributed by atoms with Crippen LogP contribution in [0.1, 0.15) is 22.2 Å². The van der Waals surface area contributed by atoms with Crippen molar-refractivity contribution in [1.29, 1.82) is 0 Å². The molecule has 2 aromatic heterocycles. The third-order valence-corrected chi connectivity index (χ3v) is 4.42. The van der Waals surface area contributed by atoms with Gasteiger partial charge in [0, 0.05) is 6.42 Å². The molecule has 1 aromatic carbocycles. The molecule has 5 heteroatoms. The highest BCUT2D eigenvalue weighted by Gasteiger charge is 2.30. The molecule has 4 nitrogen and oxygen atoms in total. The number of hydrogen-bond acceptors (Lipinski definition) is 4. The SMILES string of the molecule is O=C1C[C@H](c2ccco2)Sc2nc3ccccc3n21. The molecule has 19 heavy (non-hydrogen) atoms. The smallest absolute Gasteiger partial charge is 0.234 e. The Labute approximate surface area is 113 Å². The van der Waals surface area contributed by atoms with Crippen molar-refractivity contribution in [2.75, 3.05) is 0 Å². The number of fused-ring (bicyclic) bond motifs is 3. The largest absolute Gasteiger partial charge is 0.468 e. The lowest BCUT2D eigenvalue weighted by Crippen LogP contribution is -2.19. The standard InChI is InChI=1S/C14H10N2O2S/c17-13-8-12(11-6-3-7-18-11)19-14-15-9-4-1-2-5-10(9)16(13)14/h1-7,12H,8H2/t12-/m1/s1. The van der Waals surface area contributed by atoms with E-state index in [0.717, 1.165) is 22.0 Å². The molecule has 4 rings (SSSR count). The highest BCUT2D eigenvalue weighted by Crippen LogP contribution is 2.42. The lowest BCUT2D eigenvalue weighted by molar-refractivity contribution is 0.0889. The molecule has 0 bridgehead atoms. The van der Waals surface area contributed by atoms with E-state index in [0.29, 0.717) is 6.42 Å². The minimum Gasteiger partial charge on any atom is -0.468 e. The first-order valence-corrected chi connectivity index (χ1v) is 6.91. The van der Waals surface area contributed by atoms with E-state index < -0.39 is 0 Å². The molecule has 1 aliphatic rings. The van der Waals surface area contributed by atoms with Crippen LogP contribution in [0, 0.1) is 0 Å². The number of nitrogens with zero attached hydrogens (tertiary/aromatic N) is 2. The topological polar surface area (TPSA) is 48.0 Å². The molecular formula is C14H10N2O2S. The Morgan fingerprint density at radius 3 is 3.00 bits per heavy atom. The van der Waals surface area contributed by atoms with Crippen LogP contribution in [0.15, 0.2) is 52.2 Å². The zero-order valence-electron chi connectivity index (χ0n) is 9.95. The van der Waals surface area contributed by atoms with Gasteiger partial charge in [-0.25, -0.2) is 4.98 Å². The number of carbonyl (C=O) groups is 1. The Morgan fingerprint density at radius 1 is 1.26 bits per heavy atom. The van der Waals surface area contributed by atoms with Gasteiger partial charge in [0.1, 0.15) is 5.76 Å². The van der Waals surface area contributed by atoms with Crippen molar-refractivity contribution in [2.24, 2.45) is 0 Å². The van der Waals surface area contributed by atoms with Gasteiger partial charge in [-0.3, -0.25) is 9.36 Å². The number of benzene rings is 1. The van der Waals surface area contributed by atoms with Crippen LogP contribution >= 0.6 is 11.8 Å². The van der Waals surface area contributed by atoms with Gasteiger partial charge in [-0.15, -0.1) is 0 Å². The maximum atomic E-state index is 12.3. The van der Waals surface area contributed by atoms with Gasteiger partial charge >= 0.3 is 0 Å². The normalized spacial score (nSPS) is 18.7. The predicted molar refractivity (Wildman–Crippen MR) is 72.3 cm³/mol. The molecule has 1 atom stereocenters. The van der Waals surface area contributed by atoms with Gasteiger partial charge in [0.05, 0.1) is 22.5 Å². The summed E-state index contributed by atoms with van der Waals surface area (Å²) in [6.07, 6.45) is 2.07. The van der Waals surface area contributed by atoms with Gasteiger partial charge < -0.3 is 4.42 Å². The number of rotatable bonds is 1. The minimum absolute atomic E-state index is 0.0202. The maximum Gasteiger partial charge on any atom is 0.234 e. The third kappa shape index (κ3) is 1.62. The summed E-state index contributed by atoms with van der Waals surface area (Å²) in [4.78, 5) is 16.9. The Kier molecular flexibility index (Phi) is 2.29. The highest BCUT2D eigenvalue weighted by molar-refractivity contribution is 7.99. The summed E-state index contributed by atoms with van der Waals surface area (Å²) < 4.78 is 7.11. The molecule has 0 spiro atoms. The molecule has 0 N–H and O–H groups in total. The van der Waals surface area contributed by atoms with Gasteiger partial charge in [-0.2, -0.15) is 0 Å². The lowest BCUT2D eigenvalue weighted by atomic mass is 10.2. The van der Waals surface area contributed by atoms with E-state index in [1.54, 1.807) is 22.6 Å². The summed E-state index contributed by atoms with van der Waals surface area (Å²) >= 11 is 1.58. The average molecular weight is 270 g/mol. The Bertz CT molecular complexity index is 761. The van der Waals surface area contributed by atoms with E-state index in [2.05, 4.69) is 4.98 Å². The van der Waals surface area contributed by atoms with Gasteiger partial charge in [0.15, 0.2) is 5.16 Å². The van der Waals surface area contributed by atoms with Crippen LogP contribution in [0.25, 0.3) is 11.0 Å². The van der Waals surface area contributed by atoms with E-state index in [9.17, 15) is 4.79 Å². The monoisotopic (exact) mass is 270 g/mol. The first-order valence-electron chi connectivity index (χ1n) is 6.03. The van der Waals surface area contributed by atoms with Crippen molar-refractivity contribution in [1.82, 2.24) is 9.55 Å². The van der Waals surface area contributed by atoms with E-state index in [-0.39, 0.29) is 11.2 Å². The molecule has 0 radical (unpaired) electrons. The van der Waals surface area contributed by atoms with Crippen LogP contribution in [0.3, 0.4) is 0 Å². The minimum atomic E-state index is 0.0202. The van der Waals surface area contributed by atoms with Crippen LogP contribution < -0.4 is 0 Å². The van der Waals surface area contributed by atoms with Gasteiger partial charge in [0.25, 0.3) is 0 Å². The Hall–Kier alpha value is -2.01. The van der Waals surface area contributed by atoms with Crippen molar-refractivity contribution < 1.29 is 9.21 Å². The fraction of sp³-hybridized carbons (Fsp3) is 0.143. The molecule has 1 aliphatic heterocycles. The summed E-state index contributed by atoms with van der Waals surface area (Å²) in [5.74, 6) is 0.903. The fourth-order valence-electron chi connectivity index (χ4n) is 2.38. The summed E-state index contributed by atoms with van der Waals surface area (Å²) in [6.45, 7) is 0. The second kappa shape index (κ2) is 3.99. The van der Waals surface area contributed by atoms with Gasteiger partial charge in [0.2, 0.25) is 5.91 Å². The zero-order valence-corrected chi connectivity index (χ0v) is 10.8. The molecule has 0 saturated carbocycles. The lowest BCUT2D eigenvalue weighted by Gasteiger charge is -2.19. The summed E-state index contributed by atoms with van der Waals surface area (Å²) in [6, 6.07) is 11.5. The number of imidazole rings is 1. The highest BCUT2D eigenvalue weighted by atomic mass is 32.2. The van der Waals surface area contributed by atoms with Crippen LogP contribution in [0.4, 0.5) is 0 Å². The van der Waals surface area contributed by atoms with Crippen molar-refractivity contribution in [2.45, 2.75) is 16.8 Å². The van der Waals surface area contributed by atoms with E-state index in [1.807, 2.05) is 36.4 Å². The second-order valence-corrected chi connectivity index (χ2v) is 5.61.